The molecular formula is C31H38N2O9. The van der Waals surface area contributed by atoms with Crippen LogP contribution in [0.3, 0.4) is 0 Å². The van der Waals surface area contributed by atoms with Gasteiger partial charge in [0.2, 0.25) is 5.78 Å². The molecule has 4 aliphatic rings. The van der Waals surface area contributed by atoms with Crippen LogP contribution in [0.15, 0.2) is 35.1 Å². The van der Waals surface area contributed by atoms with E-state index in [1.54, 1.807) is 19.1 Å². The third kappa shape index (κ3) is 4.32. The van der Waals surface area contributed by atoms with Gasteiger partial charge in [0.1, 0.15) is 28.9 Å². The Balaban J connectivity index is 1.80. The third-order valence-electron chi connectivity index (χ3n) is 9.69. The number of ketones is 2. The van der Waals surface area contributed by atoms with E-state index in [0.717, 1.165) is 32.1 Å². The molecule has 4 aliphatic carbocycles. The summed E-state index contributed by atoms with van der Waals surface area (Å²) in [6, 6.07) is 3.34. The van der Waals surface area contributed by atoms with Crippen molar-refractivity contribution in [2.45, 2.75) is 75.5 Å². The number of esters is 1. The molecule has 0 aliphatic heterocycles. The van der Waals surface area contributed by atoms with E-state index in [4.69, 9.17) is 10.5 Å². The van der Waals surface area contributed by atoms with E-state index in [-0.39, 0.29) is 23.3 Å². The molecule has 226 valence electrons. The number of nitrogens with two attached hydrogens (primary N) is 1. The Morgan fingerprint density at radius 1 is 1.10 bits per heavy atom. The molecule has 2 saturated carbocycles. The number of ether oxygens (including phenoxy) is 1. The fourth-order valence-electron chi connectivity index (χ4n) is 7.80. The summed E-state index contributed by atoms with van der Waals surface area (Å²) in [5.41, 5.74) is 1.80. The van der Waals surface area contributed by atoms with Gasteiger partial charge < -0.3 is 30.9 Å². The number of aliphatic hydroxyl groups excluding tert-OH is 2. The second-order valence-electron chi connectivity index (χ2n) is 12.2. The van der Waals surface area contributed by atoms with E-state index >= 15 is 0 Å². The molecule has 6 atom stereocenters. The van der Waals surface area contributed by atoms with Crippen LogP contribution in [0.5, 0.6) is 5.75 Å². The average Bonchev–Trinajstić information content (AvgIpc) is 3.45. The molecule has 1 aromatic carbocycles. The molecule has 6 N–H and O–H groups in total. The number of hydrogen-bond acceptors (Lipinski definition) is 10. The van der Waals surface area contributed by atoms with E-state index in [0.29, 0.717) is 17.9 Å². The van der Waals surface area contributed by atoms with Gasteiger partial charge in [0.15, 0.2) is 11.4 Å². The number of amides is 1. The van der Waals surface area contributed by atoms with Crippen molar-refractivity contribution in [1.82, 2.24) is 4.90 Å². The number of fused-ring (bicyclic) bond motifs is 3. The van der Waals surface area contributed by atoms with Gasteiger partial charge in [-0.2, -0.15) is 0 Å². The van der Waals surface area contributed by atoms with Crippen LogP contribution in [-0.2, 0) is 23.9 Å². The minimum absolute atomic E-state index is 0.0192. The fourth-order valence-corrected chi connectivity index (χ4v) is 7.80. The first-order chi connectivity index (χ1) is 19.9. The van der Waals surface area contributed by atoms with Crippen molar-refractivity contribution in [3.8, 4) is 5.75 Å². The minimum Gasteiger partial charge on any atom is -0.508 e. The van der Waals surface area contributed by atoms with Crippen molar-refractivity contribution in [3.05, 3.63) is 46.2 Å². The number of carbonyl (C=O) groups excluding carboxylic acids is 4. The SMILES string of the molecule is CCC(=O)O[C@H]1[C@H]2C(=C(O)c3c(O)cccc3[C@H]2CCC2CCCC2)C(=O)[C@@]2(O)C(O)=C(C(N)=O)C(=O)[C@@H](N(C)C)[C@H]12. The van der Waals surface area contributed by atoms with Crippen molar-refractivity contribution >= 4 is 29.2 Å². The number of nitrogens with zero attached hydrogens (tertiary/aromatic N) is 1. The van der Waals surface area contributed by atoms with Crippen LogP contribution >= 0.6 is 0 Å². The molecule has 42 heavy (non-hydrogen) atoms. The summed E-state index contributed by atoms with van der Waals surface area (Å²) in [4.78, 5) is 54.8. The number of hydrogen-bond donors (Lipinski definition) is 5. The summed E-state index contributed by atoms with van der Waals surface area (Å²) in [6.45, 7) is 1.57. The Morgan fingerprint density at radius 3 is 2.36 bits per heavy atom. The second kappa shape index (κ2) is 10.9. The maximum absolute atomic E-state index is 14.4. The van der Waals surface area contributed by atoms with E-state index in [2.05, 4.69) is 0 Å². The average molecular weight is 583 g/mol. The van der Waals surface area contributed by atoms with Gasteiger partial charge in [-0.15, -0.1) is 0 Å². The smallest absolute Gasteiger partial charge is 0.305 e. The standard InChI is InChI=1S/C31H38N2O9/c1-4-18(35)42-27-20-16(13-12-14-8-5-6-9-14)15-10-7-11-17(34)19(15)25(36)21(20)28(38)31(41)23(27)24(33(2)3)26(37)22(29(31)39)30(32)40/h7,10-11,14,16,20,23-24,27,34,36,39,41H,4-6,8-9,12-13H2,1-3H3,(H2,32,40)/t16-,20-,23-,24+,27+,31-/m1/s1. The van der Waals surface area contributed by atoms with E-state index in [1.807, 2.05) is 0 Å². The maximum atomic E-state index is 14.4. The maximum Gasteiger partial charge on any atom is 0.305 e. The number of carbonyl (C=O) groups is 4. The first-order valence-electron chi connectivity index (χ1n) is 14.5. The molecule has 11 heteroatoms. The highest BCUT2D eigenvalue weighted by Crippen LogP contribution is 2.58. The summed E-state index contributed by atoms with van der Waals surface area (Å²) in [5, 5.41) is 45.8. The number of rotatable bonds is 7. The number of primary amides is 1. The topological polar surface area (TPSA) is 188 Å². The lowest BCUT2D eigenvalue weighted by atomic mass is 9.53. The van der Waals surface area contributed by atoms with Crippen molar-refractivity contribution < 1.29 is 44.3 Å². The van der Waals surface area contributed by atoms with E-state index in [1.165, 1.54) is 25.1 Å². The Morgan fingerprint density at radius 2 is 1.76 bits per heavy atom. The molecule has 0 saturated heterocycles. The van der Waals surface area contributed by atoms with E-state index in [9.17, 15) is 39.6 Å². The minimum atomic E-state index is -2.94. The third-order valence-corrected chi connectivity index (χ3v) is 9.69. The zero-order valence-electron chi connectivity index (χ0n) is 24.0. The number of aromatic hydroxyl groups is 1. The molecule has 0 unspecified atom stereocenters. The second-order valence-corrected chi connectivity index (χ2v) is 12.2. The number of aliphatic hydroxyl groups is 3. The predicted molar refractivity (Wildman–Crippen MR) is 150 cm³/mol. The first-order valence-corrected chi connectivity index (χ1v) is 14.5. The van der Waals surface area contributed by atoms with Crippen molar-refractivity contribution in [2.24, 2.45) is 23.5 Å². The quantitative estimate of drug-likeness (QED) is 0.236. The molecule has 0 heterocycles. The monoisotopic (exact) mass is 582 g/mol. The Bertz CT molecular complexity index is 1410. The Kier molecular flexibility index (Phi) is 7.69. The van der Waals surface area contributed by atoms with Gasteiger partial charge in [0.25, 0.3) is 5.91 Å². The van der Waals surface area contributed by atoms with Crippen LogP contribution in [0.4, 0.5) is 0 Å². The van der Waals surface area contributed by atoms with E-state index < -0.39 is 76.0 Å². The molecule has 0 bridgehead atoms. The number of likely N-dealkylation sites (N-methyl/N-ethyl adjacent to an activating group) is 1. The van der Waals surface area contributed by atoms with Crippen LogP contribution in [0, 0.1) is 17.8 Å². The largest absolute Gasteiger partial charge is 0.508 e. The van der Waals surface area contributed by atoms with Crippen molar-refractivity contribution in [1.29, 1.82) is 0 Å². The summed E-state index contributed by atoms with van der Waals surface area (Å²) in [6.07, 6.45) is 4.19. The molecule has 11 nitrogen and oxygen atoms in total. The molecule has 0 spiro atoms. The highest BCUT2D eigenvalue weighted by molar-refractivity contribution is 6.24. The first kappa shape index (κ1) is 29.8. The van der Waals surface area contributed by atoms with Crippen LogP contribution in [0.2, 0.25) is 0 Å². The summed E-state index contributed by atoms with van der Waals surface area (Å²) in [7, 11) is 3.00. The predicted octanol–water partition coefficient (Wildman–Crippen LogP) is 2.41. The lowest BCUT2D eigenvalue weighted by molar-refractivity contribution is -0.185. The van der Waals surface area contributed by atoms with Crippen LogP contribution in [0.25, 0.3) is 5.76 Å². The van der Waals surface area contributed by atoms with Crippen LogP contribution in [-0.4, -0.2) is 80.6 Å². The Labute approximate surface area is 243 Å². The lowest BCUT2D eigenvalue weighted by Crippen LogP contribution is -2.71. The molecule has 5 rings (SSSR count). The summed E-state index contributed by atoms with van der Waals surface area (Å²) in [5.74, 6) is -8.90. The molecule has 2 fully saturated rings. The summed E-state index contributed by atoms with van der Waals surface area (Å²) < 4.78 is 5.97. The van der Waals surface area contributed by atoms with Gasteiger partial charge in [-0.05, 0) is 50.4 Å². The fraction of sp³-hybridized carbons (Fsp3) is 0.548. The number of phenols is 1. The zero-order valence-corrected chi connectivity index (χ0v) is 24.0. The van der Waals surface area contributed by atoms with Gasteiger partial charge in [-0.1, -0.05) is 44.7 Å². The van der Waals surface area contributed by atoms with Gasteiger partial charge in [0.05, 0.1) is 17.5 Å². The molecule has 1 amide bonds. The highest BCUT2D eigenvalue weighted by atomic mass is 16.5. The number of Topliss-reactive ketones (excluding diaryl/α,β-unsaturated/α-hetero) is 2. The van der Waals surface area contributed by atoms with Gasteiger partial charge >= 0.3 is 5.97 Å². The Hall–Kier alpha value is -3.70. The van der Waals surface area contributed by atoms with Gasteiger partial charge in [-0.3, -0.25) is 24.1 Å². The van der Waals surface area contributed by atoms with Crippen LogP contribution in [0.1, 0.15) is 68.9 Å². The van der Waals surface area contributed by atoms with Crippen molar-refractivity contribution in [2.75, 3.05) is 14.1 Å². The number of benzene rings is 1. The number of phenolic OH excluding ortho intramolecular Hbond substituents is 1. The van der Waals surface area contributed by atoms with Gasteiger partial charge in [0, 0.05) is 17.9 Å². The molecular weight excluding hydrogens is 544 g/mol. The summed E-state index contributed by atoms with van der Waals surface area (Å²) >= 11 is 0. The van der Waals surface area contributed by atoms with Crippen LogP contribution < -0.4 is 5.73 Å². The molecule has 1 aromatic rings. The van der Waals surface area contributed by atoms with Gasteiger partial charge in [-0.25, -0.2) is 0 Å². The van der Waals surface area contributed by atoms with Crippen molar-refractivity contribution in [3.63, 3.8) is 0 Å². The zero-order chi connectivity index (χ0) is 30.7. The lowest BCUT2D eigenvalue weighted by Gasteiger charge is -2.55. The molecule has 0 aromatic heterocycles. The highest BCUT2D eigenvalue weighted by Gasteiger charge is 2.69. The normalized spacial score (nSPS) is 31.2. The molecule has 0 radical (unpaired) electrons.